The predicted octanol–water partition coefficient (Wildman–Crippen LogP) is 5.40. The number of alkyl halides is 3. The van der Waals surface area contributed by atoms with Crippen molar-refractivity contribution < 1.29 is 42.1 Å². The summed E-state index contributed by atoms with van der Waals surface area (Å²) >= 11 is 12.5. The van der Waals surface area contributed by atoms with Crippen LogP contribution < -0.4 is 25.0 Å². The maximum Gasteiger partial charge on any atom is 0.405 e. The molecule has 0 radical (unpaired) electrons. The Morgan fingerprint density at radius 1 is 0.977 bits per heavy atom. The second-order valence-corrected chi connectivity index (χ2v) is 12.7. The molecule has 0 aliphatic carbocycles. The van der Waals surface area contributed by atoms with Gasteiger partial charge in [-0.05, 0) is 71.6 Å². The van der Waals surface area contributed by atoms with Crippen LogP contribution in [0.5, 0.6) is 11.5 Å². The lowest BCUT2D eigenvalue weighted by Crippen LogP contribution is -2.55. The van der Waals surface area contributed by atoms with E-state index in [9.17, 15) is 32.7 Å². The standard InChI is InChI=1S/C29H33Cl2F3N4O6/c1-27(2,43-21-12-22(20(31)11-19(21)30)44-28(3,4)26(41)42)25(40)37-16-9-17-6-7-18(10-16)38(17)23-8-5-15(13-35-23)24(39)36-14-29(32,33)34/h5,8,11-13,16-18H,6-7,9-10,14H2,1-4H3,(H,36,39)(H,37,40)(H,41,42)/t16?,17-,18+. The first-order chi connectivity index (χ1) is 20.4. The van der Waals surface area contributed by atoms with Crippen molar-refractivity contribution in [3.8, 4) is 11.5 Å². The van der Waals surface area contributed by atoms with Crippen molar-refractivity contribution in [2.45, 2.75) is 88.9 Å². The van der Waals surface area contributed by atoms with Crippen molar-refractivity contribution >= 4 is 46.8 Å². The molecule has 2 amide bonds. The molecule has 3 atom stereocenters. The van der Waals surface area contributed by atoms with Crippen LogP contribution in [-0.4, -0.2) is 69.9 Å². The first kappa shape index (κ1) is 33.4. The minimum atomic E-state index is -4.51. The predicted molar refractivity (Wildman–Crippen MR) is 157 cm³/mol. The molecule has 15 heteroatoms. The molecule has 2 aliphatic heterocycles. The second kappa shape index (κ2) is 12.5. The molecule has 2 saturated heterocycles. The second-order valence-electron chi connectivity index (χ2n) is 11.9. The van der Waals surface area contributed by atoms with Crippen LogP contribution in [0.4, 0.5) is 19.0 Å². The summed E-state index contributed by atoms with van der Waals surface area (Å²) in [5.41, 5.74) is -2.93. The number of hydrogen-bond donors (Lipinski definition) is 3. The Labute approximate surface area is 262 Å². The summed E-state index contributed by atoms with van der Waals surface area (Å²) in [4.78, 5) is 43.4. The van der Waals surface area contributed by atoms with E-state index in [1.807, 2.05) is 5.32 Å². The summed E-state index contributed by atoms with van der Waals surface area (Å²) < 4.78 is 48.8. The number of rotatable bonds is 10. The molecule has 2 bridgehead atoms. The van der Waals surface area contributed by atoms with E-state index in [0.717, 1.165) is 12.8 Å². The number of benzene rings is 1. The normalized spacial score (nSPS) is 20.2. The third-order valence-corrected chi connectivity index (χ3v) is 8.16. The highest BCUT2D eigenvalue weighted by Crippen LogP contribution is 2.40. The third-order valence-electron chi connectivity index (χ3n) is 7.57. The van der Waals surface area contributed by atoms with Crippen molar-refractivity contribution in [1.29, 1.82) is 0 Å². The van der Waals surface area contributed by atoms with Crippen LogP contribution in [0.25, 0.3) is 0 Å². The summed E-state index contributed by atoms with van der Waals surface area (Å²) in [5.74, 6) is -1.72. The zero-order valence-electron chi connectivity index (χ0n) is 24.4. The average Bonchev–Trinajstić information content (AvgIpc) is 3.19. The number of halogens is 5. The number of carbonyl (C=O) groups is 3. The van der Waals surface area contributed by atoms with Gasteiger partial charge in [0.1, 0.15) is 23.9 Å². The fraction of sp³-hybridized carbons (Fsp3) is 0.517. The molecule has 0 saturated carbocycles. The van der Waals surface area contributed by atoms with Gasteiger partial charge in [0, 0.05) is 30.4 Å². The number of fused-ring (bicyclic) bond motifs is 2. The largest absolute Gasteiger partial charge is 0.478 e. The van der Waals surface area contributed by atoms with E-state index in [1.54, 1.807) is 19.9 Å². The molecule has 44 heavy (non-hydrogen) atoms. The molecule has 240 valence electrons. The highest BCUT2D eigenvalue weighted by Gasteiger charge is 2.43. The van der Waals surface area contributed by atoms with Gasteiger partial charge in [-0.3, -0.25) is 9.59 Å². The Morgan fingerprint density at radius 2 is 1.55 bits per heavy atom. The van der Waals surface area contributed by atoms with E-state index < -0.39 is 35.8 Å². The van der Waals surface area contributed by atoms with E-state index in [1.165, 1.54) is 38.2 Å². The van der Waals surface area contributed by atoms with Crippen molar-refractivity contribution in [1.82, 2.24) is 15.6 Å². The Balaban J connectivity index is 1.38. The zero-order valence-corrected chi connectivity index (χ0v) is 25.9. The maximum atomic E-state index is 13.4. The van der Waals surface area contributed by atoms with Crippen LogP contribution in [0.2, 0.25) is 10.0 Å². The van der Waals surface area contributed by atoms with Crippen molar-refractivity contribution in [2.24, 2.45) is 0 Å². The topological polar surface area (TPSA) is 130 Å². The zero-order chi connectivity index (χ0) is 32.6. The summed E-state index contributed by atoms with van der Waals surface area (Å²) in [6.45, 7) is 4.46. The van der Waals surface area contributed by atoms with Crippen molar-refractivity contribution in [3.05, 3.63) is 46.1 Å². The molecule has 3 N–H and O–H groups in total. The minimum Gasteiger partial charge on any atom is -0.478 e. The number of hydrogen-bond acceptors (Lipinski definition) is 7. The summed E-state index contributed by atoms with van der Waals surface area (Å²) in [5, 5.41) is 14.5. The molecule has 1 unspecified atom stereocenters. The monoisotopic (exact) mass is 660 g/mol. The summed E-state index contributed by atoms with van der Waals surface area (Å²) in [6.07, 6.45) is -0.277. The summed E-state index contributed by atoms with van der Waals surface area (Å²) in [7, 11) is 0. The van der Waals surface area contributed by atoms with E-state index in [0.29, 0.717) is 18.7 Å². The van der Waals surface area contributed by atoms with Crippen LogP contribution in [0, 0.1) is 0 Å². The SMILES string of the molecule is CC(C)(Oc1cc(OC(C)(C)C(=O)NC2C[C@H]3CC[C@@H](C2)N3c2ccc(C(=O)NCC(F)(F)F)cn2)c(Cl)cc1Cl)C(=O)O. The molecule has 1 aromatic heterocycles. The number of aliphatic carboxylic acids is 1. The molecule has 2 fully saturated rings. The van der Waals surface area contributed by atoms with Crippen molar-refractivity contribution in [3.63, 3.8) is 0 Å². The quantitative estimate of drug-likeness (QED) is 0.309. The van der Waals surface area contributed by atoms with Crippen LogP contribution >= 0.6 is 23.2 Å². The Hall–Kier alpha value is -3.45. The van der Waals surface area contributed by atoms with Gasteiger partial charge in [-0.15, -0.1) is 0 Å². The Kier molecular flexibility index (Phi) is 9.51. The first-order valence-corrected chi connectivity index (χ1v) is 14.6. The van der Waals surface area contributed by atoms with Crippen LogP contribution in [-0.2, 0) is 9.59 Å². The molecule has 0 spiro atoms. The lowest BCUT2D eigenvalue weighted by molar-refractivity contribution is -0.152. The fourth-order valence-electron chi connectivity index (χ4n) is 5.29. The van der Waals surface area contributed by atoms with Gasteiger partial charge in [-0.2, -0.15) is 13.2 Å². The number of aromatic nitrogens is 1. The number of pyridine rings is 1. The Bertz CT molecular complexity index is 1410. The van der Waals surface area contributed by atoms with Gasteiger partial charge < -0.3 is 30.1 Å². The number of amides is 2. The molecular weight excluding hydrogens is 628 g/mol. The average molecular weight is 662 g/mol. The molecule has 3 heterocycles. The molecule has 2 aromatic rings. The smallest absolute Gasteiger partial charge is 0.405 e. The van der Waals surface area contributed by atoms with Gasteiger partial charge in [0.05, 0.1) is 15.6 Å². The van der Waals surface area contributed by atoms with E-state index in [-0.39, 0.29) is 51.1 Å². The number of nitrogens with zero attached hydrogens (tertiary/aromatic N) is 2. The lowest BCUT2D eigenvalue weighted by Gasteiger charge is -2.41. The van der Waals surface area contributed by atoms with E-state index in [4.69, 9.17) is 32.7 Å². The third kappa shape index (κ3) is 7.79. The van der Waals surface area contributed by atoms with Gasteiger partial charge in [-0.25, -0.2) is 9.78 Å². The minimum absolute atomic E-state index is 0.0276. The molecular formula is C29H33Cl2F3N4O6. The van der Waals surface area contributed by atoms with Gasteiger partial charge in [0.15, 0.2) is 11.2 Å². The van der Waals surface area contributed by atoms with Crippen molar-refractivity contribution in [2.75, 3.05) is 11.4 Å². The van der Waals surface area contributed by atoms with Crippen LogP contribution in [0.3, 0.4) is 0 Å². The van der Waals surface area contributed by atoms with Crippen LogP contribution in [0.1, 0.15) is 63.7 Å². The van der Waals surface area contributed by atoms with Gasteiger partial charge >= 0.3 is 12.1 Å². The van der Waals surface area contributed by atoms with Gasteiger partial charge in [0.2, 0.25) is 0 Å². The highest BCUT2D eigenvalue weighted by molar-refractivity contribution is 6.36. The Morgan fingerprint density at radius 3 is 2.05 bits per heavy atom. The summed E-state index contributed by atoms with van der Waals surface area (Å²) in [6, 6.07) is 5.72. The number of anilines is 1. The maximum absolute atomic E-state index is 13.4. The van der Waals surface area contributed by atoms with Crippen LogP contribution in [0.15, 0.2) is 30.5 Å². The lowest BCUT2D eigenvalue weighted by atomic mass is 9.96. The number of ether oxygens (including phenoxy) is 2. The van der Waals surface area contributed by atoms with Gasteiger partial charge in [0.25, 0.3) is 11.8 Å². The van der Waals surface area contributed by atoms with E-state index >= 15 is 0 Å². The molecule has 10 nitrogen and oxygen atoms in total. The number of nitrogens with one attached hydrogen (secondary N) is 2. The number of carbonyl (C=O) groups excluding carboxylic acids is 2. The first-order valence-electron chi connectivity index (χ1n) is 13.9. The fourth-order valence-corrected chi connectivity index (χ4v) is 5.75. The molecule has 4 rings (SSSR count). The number of carboxylic acids is 1. The molecule has 1 aromatic carbocycles. The molecule has 2 aliphatic rings. The number of piperidine rings is 1. The highest BCUT2D eigenvalue weighted by atomic mass is 35.5. The van der Waals surface area contributed by atoms with Gasteiger partial charge in [-0.1, -0.05) is 23.2 Å². The number of carboxylic acid groups (broad SMARTS) is 1. The van der Waals surface area contributed by atoms with E-state index in [2.05, 4.69) is 15.2 Å².